The Bertz CT molecular complexity index is 347. The van der Waals surface area contributed by atoms with Gasteiger partial charge < -0.3 is 5.32 Å². The number of nitrogens with one attached hydrogen (secondary N) is 1. The summed E-state index contributed by atoms with van der Waals surface area (Å²) in [5.41, 5.74) is 1.66. The van der Waals surface area contributed by atoms with Crippen molar-refractivity contribution in [2.75, 3.05) is 5.32 Å². The van der Waals surface area contributed by atoms with Crippen molar-refractivity contribution < 1.29 is 4.79 Å². The molecule has 0 aliphatic rings. The van der Waals surface area contributed by atoms with Crippen LogP contribution in [0.2, 0.25) is 5.02 Å². The number of benzene rings is 1. The minimum absolute atomic E-state index is 0.221. The first kappa shape index (κ1) is 9.81. The van der Waals surface area contributed by atoms with Crippen molar-refractivity contribution in [3.63, 3.8) is 0 Å². The van der Waals surface area contributed by atoms with Crippen molar-refractivity contribution in [2.45, 2.75) is 6.92 Å². The predicted molar refractivity (Wildman–Crippen MR) is 55.0 cm³/mol. The molecule has 0 aliphatic carbocycles. The third kappa shape index (κ3) is 2.60. The summed E-state index contributed by atoms with van der Waals surface area (Å²) in [5, 5.41) is 3.34. The van der Waals surface area contributed by atoms with Gasteiger partial charge in [0.2, 0.25) is 5.91 Å². The fraction of sp³-hybridized carbons (Fsp3) is 0.100. The Balaban J connectivity index is 2.85. The largest absolute Gasteiger partial charge is 0.323 e. The minimum atomic E-state index is -0.221. The van der Waals surface area contributed by atoms with Gasteiger partial charge in [-0.1, -0.05) is 18.2 Å². The molecule has 1 aromatic rings. The number of amides is 1. The second-order valence-corrected chi connectivity index (χ2v) is 3.06. The molecular formula is C10H10ClNO. The van der Waals surface area contributed by atoms with Gasteiger partial charge in [-0.3, -0.25) is 4.79 Å². The van der Waals surface area contributed by atoms with Gasteiger partial charge in [-0.05, 0) is 36.8 Å². The summed E-state index contributed by atoms with van der Waals surface area (Å²) < 4.78 is 0. The molecule has 0 spiro atoms. The van der Waals surface area contributed by atoms with E-state index in [1.54, 1.807) is 12.1 Å². The number of anilines is 1. The molecule has 0 heterocycles. The highest BCUT2D eigenvalue weighted by atomic mass is 35.5. The molecule has 68 valence electrons. The van der Waals surface area contributed by atoms with E-state index in [0.717, 1.165) is 11.3 Å². The molecule has 0 bridgehead atoms. The fourth-order valence-electron chi connectivity index (χ4n) is 0.916. The fourth-order valence-corrected chi connectivity index (χ4v) is 1.03. The molecule has 13 heavy (non-hydrogen) atoms. The molecular weight excluding hydrogens is 186 g/mol. The number of hydrogen-bond donors (Lipinski definition) is 1. The van der Waals surface area contributed by atoms with E-state index in [-0.39, 0.29) is 5.91 Å². The van der Waals surface area contributed by atoms with Crippen LogP contribution in [0, 0.1) is 6.92 Å². The highest BCUT2D eigenvalue weighted by Crippen LogP contribution is 2.19. The zero-order valence-corrected chi connectivity index (χ0v) is 8.06. The van der Waals surface area contributed by atoms with Gasteiger partial charge in [0, 0.05) is 10.7 Å². The second kappa shape index (κ2) is 4.10. The third-order valence-corrected chi connectivity index (χ3v) is 2.03. The van der Waals surface area contributed by atoms with E-state index >= 15 is 0 Å². The number of rotatable bonds is 2. The first-order chi connectivity index (χ1) is 6.13. The Morgan fingerprint density at radius 3 is 2.85 bits per heavy atom. The van der Waals surface area contributed by atoms with Crippen LogP contribution in [-0.2, 0) is 4.79 Å². The highest BCUT2D eigenvalue weighted by Gasteiger charge is 1.99. The average Bonchev–Trinajstić information content (AvgIpc) is 2.11. The molecule has 0 unspecified atom stereocenters. The predicted octanol–water partition coefficient (Wildman–Crippen LogP) is 2.77. The first-order valence-corrected chi connectivity index (χ1v) is 4.21. The second-order valence-electron chi connectivity index (χ2n) is 2.66. The molecule has 3 heteroatoms. The standard InChI is InChI=1S/C10H10ClNO/c1-3-10(13)12-8-4-5-9(11)7(2)6-8/h3-6H,1H2,2H3,(H,12,13). The zero-order valence-electron chi connectivity index (χ0n) is 7.30. The molecule has 1 N–H and O–H groups in total. The summed E-state index contributed by atoms with van der Waals surface area (Å²) in [4.78, 5) is 10.9. The van der Waals surface area contributed by atoms with Crippen LogP contribution in [-0.4, -0.2) is 5.91 Å². The van der Waals surface area contributed by atoms with Crippen molar-refractivity contribution >= 4 is 23.2 Å². The molecule has 0 aromatic heterocycles. The number of carbonyl (C=O) groups excluding carboxylic acids is 1. The van der Waals surface area contributed by atoms with Crippen molar-refractivity contribution in [3.05, 3.63) is 41.4 Å². The maximum Gasteiger partial charge on any atom is 0.247 e. The molecule has 0 fully saturated rings. The molecule has 0 saturated carbocycles. The summed E-state index contributed by atoms with van der Waals surface area (Å²) in [7, 11) is 0. The lowest BCUT2D eigenvalue weighted by molar-refractivity contribution is -0.111. The minimum Gasteiger partial charge on any atom is -0.323 e. The Hall–Kier alpha value is -1.28. The molecule has 1 amide bonds. The van der Waals surface area contributed by atoms with Gasteiger partial charge in [-0.25, -0.2) is 0 Å². The molecule has 1 aromatic carbocycles. The van der Waals surface area contributed by atoms with E-state index in [2.05, 4.69) is 11.9 Å². The van der Waals surface area contributed by atoms with Crippen LogP contribution >= 0.6 is 11.6 Å². The monoisotopic (exact) mass is 195 g/mol. The molecule has 0 saturated heterocycles. The van der Waals surface area contributed by atoms with Crippen LogP contribution in [0.5, 0.6) is 0 Å². The number of hydrogen-bond acceptors (Lipinski definition) is 1. The van der Waals surface area contributed by atoms with Gasteiger partial charge >= 0.3 is 0 Å². The lowest BCUT2D eigenvalue weighted by atomic mass is 10.2. The van der Waals surface area contributed by atoms with Gasteiger partial charge in [0.1, 0.15) is 0 Å². The van der Waals surface area contributed by atoms with Crippen LogP contribution < -0.4 is 5.32 Å². The van der Waals surface area contributed by atoms with E-state index in [9.17, 15) is 4.79 Å². The molecule has 0 atom stereocenters. The lowest BCUT2D eigenvalue weighted by Gasteiger charge is -2.03. The number of aryl methyl sites for hydroxylation is 1. The van der Waals surface area contributed by atoms with E-state index in [1.165, 1.54) is 6.08 Å². The van der Waals surface area contributed by atoms with Crippen molar-refractivity contribution in [3.8, 4) is 0 Å². The number of carbonyl (C=O) groups is 1. The van der Waals surface area contributed by atoms with E-state index in [0.29, 0.717) is 5.02 Å². The summed E-state index contributed by atoms with van der Waals surface area (Å²) in [5.74, 6) is -0.221. The Kier molecular flexibility index (Phi) is 3.09. The molecule has 2 nitrogen and oxygen atoms in total. The van der Waals surface area contributed by atoms with Gasteiger partial charge in [0.15, 0.2) is 0 Å². The third-order valence-electron chi connectivity index (χ3n) is 1.61. The van der Waals surface area contributed by atoms with E-state index in [1.807, 2.05) is 13.0 Å². The van der Waals surface area contributed by atoms with Gasteiger partial charge in [0.25, 0.3) is 0 Å². The Morgan fingerprint density at radius 1 is 1.62 bits per heavy atom. The van der Waals surface area contributed by atoms with Crippen LogP contribution in [0.1, 0.15) is 5.56 Å². The summed E-state index contributed by atoms with van der Waals surface area (Å²) in [6.45, 7) is 5.24. The van der Waals surface area contributed by atoms with Crippen LogP contribution in [0.4, 0.5) is 5.69 Å². The molecule has 0 aliphatic heterocycles. The van der Waals surface area contributed by atoms with Crippen LogP contribution in [0.15, 0.2) is 30.9 Å². The average molecular weight is 196 g/mol. The maximum atomic E-state index is 10.9. The van der Waals surface area contributed by atoms with Crippen molar-refractivity contribution in [1.82, 2.24) is 0 Å². The summed E-state index contributed by atoms with van der Waals surface area (Å²) in [6, 6.07) is 5.30. The van der Waals surface area contributed by atoms with E-state index < -0.39 is 0 Å². The van der Waals surface area contributed by atoms with Gasteiger partial charge in [-0.2, -0.15) is 0 Å². The molecule has 1 rings (SSSR count). The van der Waals surface area contributed by atoms with Gasteiger partial charge in [-0.15, -0.1) is 0 Å². The summed E-state index contributed by atoms with van der Waals surface area (Å²) in [6.07, 6.45) is 1.23. The smallest absolute Gasteiger partial charge is 0.247 e. The normalized spacial score (nSPS) is 9.38. The maximum absolute atomic E-state index is 10.9. The Labute approximate surface area is 82.2 Å². The van der Waals surface area contributed by atoms with Crippen LogP contribution in [0.25, 0.3) is 0 Å². The lowest BCUT2D eigenvalue weighted by Crippen LogP contribution is -2.07. The first-order valence-electron chi connectivity index (χ1n) is 3.83. The molecule has 0 radical (unpaired) electrons. The topological polar surface area (TPSA) is 29.1 Å². The summed E-state index contributed by atoms with van der Waals surface area (Å²) >= 11 is 5.82. The van der Waals surface area contributed by atoms with Crippen molar-refractivity contribution in [1.29, 1.82) is 0 Å². The van der Waals surface area contributed by atoms with E-state index in [4.69, 9.17) is 11.6 Å². The van der Waals surface area contributed by atoms with Crippen LogP contribution in [0.3, 0.4) is 0 Å². The SMILES string of the molecule is C=CC(=O)Nc1ccc(Cl)c(C)c1. The Morgan fingerprint density at radius 2 is 2.31 bits per heavy atom. The highest BCUT2D eigenvalue weighted by molar-refractivity contribution is 6.31. The van der Waals surface area contributed by atoms with Gasteiger partial charge in [0.05, 0.1) is 0 Å². The quantitative estimate of drug-likeness (QED) is 0.723. The number of halogens is 1. The zero-order chi connectivity index (χ0) is 9.84. The van der Waals surface area contributed by atoms with Crippen molar-refractivity contribution in [2.24, 2.45) is 0 Å².